The number of hydrogen-bond donors (Lipinski definition) is 0. The standard InChI is InChI=1S/C15H18O2.3CO.Cr/c1-2-17-15(16)13-9-5-8-12-14-10-6-3-4-7-11-14;3*1-2;/h3-4,6-7,10-11,14H,2,5,8,12H2,1H3;;;;. The van der Waals surface area contributed by atoms with Crippen molar-refractivity contribution >= 4 is 5.97 Å². The van der Waals surface area contributed by atoms with E-state index in [9.17, 15) is 4.79 Å². The third-order valence-corrected chi connectivity index (χ3v) is 2.36. The van der Waals surface area contributed by atoms with Gasteiger partial charge in [0.1, 0.15) is 0 Å². The van der Waals surface area contributed by atoms with Crippen LogP contribution in [0.1, 0.15) is 26.2 Å². The third kappa shape index (κ3) is 22.3. The molecule has 0 saturated heterocycles. The Morgan fingerprint density at radius 3 is 2.00 bits per heavy atom. The fraction of sp³-hybridized carbons (Fsp3) is 0.333. The quantitative estimate of drug-likeness (QED) is 0.191. The summed E-state index contributed by atoms with van der Waals surface area (Å²) < 4.78 is 27.2. The summed E-state index contributed by atoms with van der Waals surface area (Å²) in [7, 11) is 0. The molecule has 0 bridgehead atoms. The van der Waals surface area contributed by atoms with Gasteiger partial charge in [-0.15, -0.1) is 0 Å². The summed E-state index contributed by atoms with van der Waals surface area (Å²) in [6.45, 7) is 15.7. The van der Waals surface area contributed by atoms with Crippen LogP contribution in [0.15, 0.2) is 36.5 Å². The zero-order chi connectivity index (χ0) is 18.3. The van der Waals surface area contributed by atoms with Crippen LogP contribution in [0.2, 0.25) is 0 Å². The maximum Gasteiger partial charge on any atom is 0 e. The fourth-order valence-corrected chi connectivity index (χ4v) is 1.53. The van der Waals surface area contributed by atoms with E-state index in [2.05, 4.69) is 56.1 Å². The van der Waals surface area contributed by atoms with Crippen LogP contribution in [-0.4, -0.2) is 12.6 Å². The molecule has 0 aromatic heterocycles. The van der Waals surface area contributed by atoms with E-state index >= 15 is 0 Å². The second-order valence-electron chi connectivity index (χ2n) is 3.73. The molecule has 24 heavy (non-hydrogen) atoms. The average molecular weight is 366 g/mol. The molecule has 0 N–H and O–H groups in total. The molecule has 0 saturated carbocycles. The first-order valence-electron chi connectivity index (χ1n) is 6.61. The third-order valence-electron chi connectivity index (χ3n) is 2.36. The van der Waals surface area contributed by atoms with Gasteiger partial charge in [-0.2, -0.15) is 0 Å². The monoisotopic (exact) mass is 366 g/mol. The summed E-state index contributed by atoms with van der Waals surface area (Å²) in [5.74, 6) is 5.37. The first-order valence-corrected chi connectivity index (χ1v) is 6.61. The van der Waals surface area contributed by atoms with Crippen molar-refractivity contribution in [1.82, 2.24) is 0 Å². The zero-order valence-corrected chi connectivity index (χ0v) is 14.6. The molecule has 0 unspecified atom stereocenters. The molecule has 0 heterocycles. The summed E-state index contributed by atoms with van der Waals surface area (Å²) >= 11 is 0. The SMILES string of the molecule is CCOC(=O)C#CCCCC1C=CC=CC=C1.[C-]#[O+].[C-]#[O+].[C-]#[O+].[Cr]. The van der Waals surface area contributed by atoms with E-state index < -0.39 is 5.97 Å². The molecule has 0 aromatic carbocycles. The van der Waals surface area contributed by atoms with Crippen molar-refractivity contribution in [1.29, 1.82) is 0 Å². The number of hydrogen-bond acceptors (Lipinski definition) is 2. The van der Waals surface area contributed by atoms with Crippen LogP contribution in [0, 0.1) is 37.7 Å². The fourth-order valence-electron chi connectivity index (χ4n) is 1.53. The van der Waals surface area contributed by atoms with Crippen molar-refractivity contribution in [3.05, 3.63) is 56.4 Å². The van der Waals surface area contributed by atoms with Crippen molar-refractivity contribution in [2.75, 3.05) is 6.61 Å². The Morgan fingerprint density at radius 2 is 1.54 bits per heavy atom. The minimum absolute atomic E-state index is 0. The molecule has 126 valence electrons. The van der Waals surface area contributed by atoms with Crippen LogP contribution < -0.4 is 0 Å². The van der Waals surface area contributed by atoms with Crippen molar-refractivity contribution in [3.63, 3.8) is 0 Å². The van der Waals surface area contributed by atoms with E-state index in [1.54, 1.807) is 6.92 Å². The van der Waals surface area contributed by atoms with Gasteiger partial charge in [-0.1, -0.05) is 42.4 Å². The molecular formula is C18H18CrO5. The molecule has 0 spiro atoms. The van der Waals surface area contributed by atoms with Gasteiger partial charge in [-0.05, 0) is 25.7 Å². The van der Waals surface area contributed by atoms with Crippen LogP contribution in [0.3, 0.4) is 0 Å². The van der Waals surface area contributed by atoms with Crippen LogP contribution in [-0.2, 0) is 40.8 Å². The minimum atomic E-state index is -0.425. The number of allylic oxidation sites excluding steroid dienone is 6. The van der Waals surface area contributed by atoms with Crippen LogP contribution >= 0.6 is 0 Å². The minimum Gasteiger partial charge on any atom is 0 e. The molecule has 1 aliphatic rings. The molecule has 1 aliphatic carbocycles. The smallest absolute Gasteiger partial charge is 0 e. The van der Waals surface area contributed by atoms with Gasteiger partial charge >= 0.3 is 39.9 Å². The van der Waals surface area contributed by atoms with Gasteiger partial charge in [0.2, 0.25) is 0 Å². The molecule has 5 nitrogen and oxygen atoms in total. The maximum absolute atomic E-state index is 10.9. The Hall–Kier alpha value is -2.00. The molecule has 0 aromatic rings. The van der Waals surface area contributed by atoms with E-state index in [1.165, 1.54) is 0 Å². The van der Waals surface area contributed by atoms with Gasteiger partial charge in [-0.3, -0.25) is 0 Å². The largest absolute Gasteiger partial charge is 0 e. The van der Waals surface area contributed by atoms with Crippen LogP contribution in [0.5, 0.6) is 0 Å². The number of ether oxygens (including phenoxy) is 1. The van der Waals surface area contributed by atoms with E-state index in [-0.39, 0.29) is 17.4 Å². The van der Waals surface area contributed by atoms with E-state index in [0.717, 1.165) is 19.3 Å². The summed E-state index contributed by atoms with van der Waals surface area (Å²) in [6, 6.07) is 0. The summed E-state index contributed by atoms with van der Waals surface area (Å²) in [5.41, 5.74) is 0. The first-order chi connectivity index (χ1) is 11.3. The van der Waals surface area contributed by atoms with Crippen LogP contribution in [0.25, 0.3) is 0 Å². The van der Waals surface area contributed by atoms with Crippen molar-refractivity contribution in [2.45, 2.75) is 26.2 Å². The van der Waals surface area contributed by atoms with Crippen molar-refractivity contribution in [3.8, 4) is 11.8 Å². The second-order valence-corrected chi connectivity index (χ2v) is 3.73. The Balaban J connectivity index is -0.000000256. The van der Waals surface area contributed by atoms with E-state index in [1.807, 2.05) is 12.2 Å². The molecule has 1 rings (SSSR count). The molecular weight excluding hydrogens is 348 g/mol. The van der Waals surface area contributed by atoms with Gasteiger partial charge in [-0.25, -0.2) is 4.79 Å². The zero-order valence-electron chi connectivity index (χ0n) is 13.3. The number of rotatable bonds is 4. The molecule has 0 amide bonds. The van der Waals surface area contributed by atoms with E-state index in [4.69, 9.17) is 18.7 Å². The van der Waals surface area contributed by atoms with E-state index in [0.29, 0.717) is 12.5 Å². The Bertz CT molecular complexity index is 471. The predicted molar refractivity (Wildman–Crippen MR) is 81.0 cm³/mol. The summed E-state index contributed by atoms with van der Waals surface area (Å²) in [4.78, 5) is 10.9. The molecule has 0 radical (unpaired) electrons. The summed E-state index contributed by atoms with van der Waals surface area (Å²) in [5, 5.41) is 0. The maximum atomic E-state index is 10.9. The predicted octanol–water partition coefficient (Wildman–Crippen LogP) is 2.91. The van der Waals surface area contributed by atoms with Gasteiger partial charge in [0.15, 0.2) is 0 Å². The molecule has 0 fully saturated rings. The Morgan fingerprint density at radius 1 is 1.04 bits per heavy atom. The topological polar surface area (TPSA) is 86.0 Å². The normalized spacial score (nSPS) is 10.1. The molecule has 6 heteroatoms. The number of unbranched alkanes of at least 4 members (excludes halogenated alkanes) is 1. The molecule has 0 atom stereocenters. The van der Waals surface area contributed by atoms with Crippen molar-refractivity contribution < 1.29 is 40.8 Å². The van der Waals surface area contributed by atoms with Gasteiger partial charge in [0.05, 0.1) is 6.61 Å². The van der Waals surface area contributed by atoms with Gasteiger partial charge in [0, 0.05) is 29.7 Å². The van der Waals surface area contributed by atoms with Gasteiger partial charge in [0.25, 0.3) is 0 Å². The number of carbonyl (C=O) groups excluding carboxylic acids is 1. The Kier molecular flexibility index (Phi) is 36.3. The number of carbonyl (C=O) groups is 1. The first kappa shape index (κ1) is 29.9. The van der Waals surface area contributed by atoms with Crippen LogP contribution in [0.4, 0.5) is 0 Å². The number of esters is 1. The molecule has 0 aliphatic heterocycles. The van der Waals surface area contributed by atoms with Gasteiger partial charge < -0.3 is 4.74 Å². The Labute approximate surface area is 154 Å². The average Bonchev–Trinajstić information content (AvgIpc) is 2.89. The van der Waals surface area contributed by atoms with Crippen molar-refractivity contribution in [2.24, 2.45) is 5.92 Å². The summed E-state index contributed by atoms with van der Waals surface area (Å²) in [6.07, 6.45) is 15.3. The second kappa shape index (κ2) is 29.1.